The Balaban J connectivity index is 2.35. The van der Waals surface area contributed by atoms with Crippen LogP contribution in [0.3, 0.4) is 0 Å². The fourth-order valence-corrected chi connectivity index (χ4v) is 1.97. The van der Waals surface area contributed by atoms with E-state index in [9.17, 15) is 14.9 Å². The summed E-state index contributed by atoms with van der Waals surface area (Å²) in [7, 11) is 0. The summed E-state index contributed by atoms with van der Waals surface area (Å²) in [4.78, 5) is 21.7. The molecule has 8 heteroatoms. The average Bonchev–Trinajstić information content (AvgIpc) is 2.37. The van der Waals surface area contributed by atoms with Gasteiger partial charge in [-0.15, -0.1) is 0 Å². The Bertz CT molecular complexity index is 543. The first-order valence-corrected chi connectivity index (χ1v) is 7.63. The van der Waals surface area contributed by atoms with Crippen LogP contribution in [0.5, 0.6) is 0 Å². The van der Waals surface area contributed by atoms with E-state index in [0.717, 1.165) is 4.47 Å². The van der Waals surface area contributed by atoms with Gasteiger partial charge in [-0.2, -0.15) is 0 Å². The zero-order valence-electron chi connectivity index (χ0n) is 12.8. The number of rotatable bonds is 6. The second-order valence-corrected chi connectivity index (χ2v) is 6.48. The van der Waals surface area contributed by atoms with E-state index < -0.39 is 16.6 Å². The molecule has 0 saturated heterocycles. The van der Waals surface area contributed by atoms with E-state index in [1.807, 2.05) is 0 Å². The lowest BCUT2D eigenvalue weighted by Crippen LogP contribution is -2.33. The molecule has 0 fully saturated rings. The van der Waals surface area contributed by atoms with Crippen molar-refractivity contribution >= 4 is 33.4 Å². The van der Waals surface area contributed by atoms with Gasteiger partial charge >= 0.3 is 6.09 Å². The van der Waals surface area contributed by atoms with Gasteiger partial charge in [0.15, 0.2) is 0 Å². The Kier molecular flexibility index (Phi) is 6.61. The molecule has 1 aromatic rings. The number of amides is 1. The number of nitro benzene ring substituents is 1. The van der Waals surface area contributed by atoms with Crippen LogP contribution in [0.4, 0.5) is 16.2 Å². The highest BCUT2D eigenvalue weighted by molar-refractivity contribution is 9.10. The van der Waals surface area contributed by atoms with E-state index in [0.29, 0.717) is 25.2 Å². The number of non-ortho nitro benzene ring substituents is 1. The number of nitrogens with one attached hydrogen (secondary N) is 2. The second kappa shape index (κ2) is 7.98. The minimum Gasteiger partial charge on any atom is -0.444 e. The van der Waals surface area contributed by atoms with Crippen LogP contribution in [0.25, 0.3) is 0 Å². The normalized spacial score (nSPS) is 10.9. The molecular formula is C14H20BrN3O4. The number of carbonyl (C=O) groups is 1. The van der Waals surface area contributed by atoms with Gasteiger partial charge < -0.3 is 15.4 Å². The zero-order chi connectivity index (χ0) is 16.8. The van der Waals surface area contributed by atoms with E-state index in [-0.39, 0.29) is 5.69 Å². The van der Waals surface area contributed by atoms with Crippen molar-refractivity contribution in [3.63, 3.8) is 0 Å². The summed E-state index contributed by atoms with van der Waals surface area (Å²) in [6.07, 6.45) is 0.206. The summed E-state index contributed by atoms with van der Waals surface area (Å²) >= 11 is 3.33. The van der Waals surface area contributed by atoms with E-state index >= 15 is 0 Å². The Morgan fingerprint density at radius 2 is 2.05 bits per heavy atom. The van der Waals surface area contributed by atoms with Gasteiger partial charge in [0.25, 0.3) is 5.69 Å². The molecule has 0 unspecified atom stereocenters. The first-order chi connectivity index (χ1) is 10.2. The molecule has 0 heterocycles. The maximum absolute atomic E-state index is 11.4. The number of nitro groups is 1. The lowest BCUT2D eigenvalue weighted by molar-refractivity contribution is -0.384. The second-order valence-electron chi connectivity index (χ2n) is 5.63. The van der Waals surface area contributed by atoms with Crippen LogP contribution < -0.4 is 10.6 Å². The molecule has 0 aliphatic carbocycles. The Hall–Kier alpha value is -1.83. The third kappa shape index (κ3) is 6.75. The molecule has 0 atom stereocenters. The van der Waals surface area contributed by atoms with Gasteiger partial charge in [0.05, 0.1) is 10.6 Å². The molecule has 2 N–H and O–H groups in total. The molecule has 1 amide bonds. The fraction of sp³-hybridized carbons (Fsp3) is 0.500. The number of carbonyl (C=O) groups excluding carboxylic acids is 1. The van der Waals surface area contributed by atoms with Gasteiger partial charge in [-0.05, 0) is 49.2 Å². The topological polar surface area (TPSA) is 93.5 Å². The summed E-state index contributed by atoms with van der Waals surface area (Å²) in [5, 5.41) is 16.5. The van der Waals surface area contributed by atoms with Crippen molar-refractivity contribution in [3.05, 3.63) is 32.8 Å². The molecule has 122 valence electrons. The third-order valence-corrected chi connectivity index (χ3v) is 3.19. The first kappa shape index (κ1) is 18.2. The van der Waals surface area contributed by atoms with Gasteiger partial charge in [-0.25, -0.2) is 4.79 Å². The van der Waals surface area contributed by atoms with Gasteiger partial charge in [-0.1, -0.05) is 0 Å². The number of halogens is 1. The van der Waals surface area contributed by atoms with E-state index in [4.69, 9.17) is 4.74 Å². The van der Waals surface area contributed by atoms with Crippen LogP contribution in [0, 0.1) is 10.1 Å². The average molecular weight is 374 g/mol. The standard InChI is InChI=1S/C14H20BrN3O4/c1-14(2,3)22-13(19)17-8-4-7-16-12-9-10(18(20)21)5-6-11(12)15/h5-6,9,16H,4,7-8H2,1-3H3,(H,17,19). The number of hydrogen-bond donors (Lipinski definition) is 2. The molecular weight excluding hydrogens is 354 g/mol. The molecule has 0 aromatic heterocycles. The quantitative estimate of drug-likeness (QED) is 0.450. The minimum absolute atomic E-state index is 0.0255. The third-order valence-electron chi connectivity index (χ3n) is 2.50. The van der Waals surface area contributed by atoms with Crippen molar-refractivity contribution in [2.45, 2.75) is 32.8 Å². The molecule has 1 aromatic carbocycles. The maximum atomic E-state index is 11.4. The number of alkyl carbamates (subject to hydrolysis) is 1. The van der Waals surface area contributed by atoms with E-state index in [2.05, 4.69) is 26.6 Å². The largest absolute Gasteiger partial charge is 0.444 e. The van der Waals surface area contributed by atoms with Crippen LogP contribution in [0.15, 0.2) is 22.7 Å². The molecule has 0 aliphatic rings. The molecule has 0 bridgehead atoms. The van der Waals surface area contributed by atoms with Crippen molar-refractivity contribution in [3.8, 4) is 0 Å². The molecule has 0 aliphatic heterocycles. The SMILES string of the molecule is CC(C)(C)OC(=O)NCCCNc1cc([N+](=O)[O-])ccc1Br. The highest BCUT2D eigenvalue weighted by Crippen LogP contribution is 2.26. The van der Waals surface area contributed by atoms with Crippen LogP contribution in [-0.4, -0.2) is 29.7 Å². The monoisotopic (exact) mass is 373 g/mol. The van der Waals surface area contributed by atoms with Gasteiger partial charge in [-0.3, -0.25) is 10.1 Å². The lowest BCUT2D eigenvalue weighted by atomic mass is 10.2. The van der Waals surface area contributed by atoms with Crippen LogP contribution in [0.2, 0.25) is 0 Å². The van der Waals surface area contributed by atoms with Crippen LogP contribution in [-0.2, 0) is 4.74 Å². The molecule has 22 heavy (non-hydrogen) atoms. The molecule has 1 rings (SSSR count). The predicted molar refractivity (Wildman–Crippen MR) is 88.1 cm³/mol. The van der Waals surface area contributed by atoms with Crippen molar-refractivity contribution < 1.29 is 14.5 Å². The number of nitrogens with zero attached hydrogens (tertiary/aromatic N) is 1. The fourth-order valence-electron chi connectivity index (χ4n) is 1.58. The Labute approximate surface area is 137 Å². The van der Waals surface area contributed by atoms with Crippen LogP contribution >= 0.6 is 15.9 Å². The summed E-state index contributed by atoms with van der Waals surface area (Å²) in [6.45, 7) is 6.42. The van der Waals surface area contributed by atoms with Crippen molar-refractivity contribution in [2.24, 2.45) is 0 Å². The Morgan fingerprint density at radius 1 is 1.36 bits per heavy atom. The van der Waals surface area contributed by atoms with Crippen molar-refractivity contribution in [2.75, 3.05) is 18.4 Å². The highest BCUT2D eigenvalue weighted by Gasteiger charge is 2.15. The molecule has 7 nitrogen and oxygen atoms in total. The van der Waals surface area contributed by atoms with E-state index in [1.165, 1.54) is 12.1 Å². The molecule has 0 radical (unpaired) electrons. The minimum atomic E-state index is -0.518. The summed E-state index contributed by atoms with van der Waals surface area (Å²) < 4.78 is 5.86. The van der Waals surface area contributed by atoms with E-state index in [1.54, 1.807) is 26.8 Å². The zero-order valence-corrected chi connectivity index (χ0v) is 14.4. The number of benzene rings is 1. The first-order valence-electron chi connectivity index (χ1n) is 6.84. The summed E-state index contributed by atoms with van der Waals surface area (Å²) in [5.41, 5.74) is 0.153. The van der Waals surface area contributed by atoms with Gasteiger partial charge in [0.1, 0.15) is 5.60 Å². The summed E-state index contributed by atoms with van der Waals surface area (Å²) in [6, 6.07) is 4.52. The summed E-state index contributed by atoms with van der Waals surface area (Å²) in [5.74, 6) is 0. The lowest BCUT2D eigenvalue weighted by Gasteiger charge is -2.19. The van der Waals surface area contributed by atoms with Crippen molar-refractivity contribution in [1.82, 2.24) is 5.32 Å². The van der Waals surface area contributed by atoms with Crippen molar-refractivity contribution in [1.29, 1.82) is 0 Å². The molecule has 0 spiro atoms. The van der Waals surface area contributed by atoms with Gasteiger partial charge in [0.2, 0.25) is 0 Å². The Morgan fingerprint density at radius 3 is 2.64 bits per heavy atom. The number of anilines is 1. The smallest absolute Gasteiger partial charge is 0.407 e. The number of ether oxygens (including phenoxy) is 1. The highest BCUT2D eigenvalue weighted by atomic mass is 79.9. The molecule has 0 saturated carbocycles. The predicted octanol–water partition coefficient (Wildman–Crippen LogP) is 3.68. The number of hydrogen-bond acceptors (Lipinski definition) is 5. The van der Waals surface area contributed by atoms with Crippen LogP contribution in [0.1, 0.15) is 27.2 Å². The maximum Gasteiger partial charge on any atom is 0.407 e. The van der Waals surface area contributed by atoms with Gasteiger partial charge in [0, 0.05) is 29.7 Å².